The van der Waals surface area contributed by atoms with Crippen molar-refractivity contribution in [1.82, 2.24) is 15.2 Å². The molecule has 1 amide bonds. The summed E-state index contributed by atoms with van der Waals surface area (Å²) in [7, 11) is 0. The Hall–Kier alpha value is -1.72. The molecule has 0 spiro atoms. The van der Waals surface area contributed by atoms with Crippen LogP contribution in [0.2, 0.25) is 0 Å². The van der Waals surface area contributed by atoms with Crippen LogP contribution in [-0.2, 0) is 17.6 Å². The summed E-state index contributed by atoms with van der Waals surface area (Å²) in [6.45, 7) is -5.17. The molecule has 1 aromatic carbocycles. The number of carbonyl (C=O) groups excluding carboxylic acids is 1. The maximum absolute atomic E-state index is 11.1. The van der Waals surface area contributed by atoms with E-state index in [4.69, 9.17) is 13.0 Å². The summed E-state index contributed by atoms with van der Waals surface area (Å²) < 4.78 is 49.6. The number of aromatic amines is 1. The van der Waals surface area contributed by atoms with Crippen LogP contribution in [0, 0.1) is 0 Å². The van der Waals surface area contributed by atoms with Gasteiger partial charge in [0.2, 0.25) is 0 Å². The molecule has 0 radical (unpaired) electrons. The molecule has 120 valence electrons. The van der Waals surface area contributed by atoms with Crippen molar-refractivity contribution in [1.29, 1.82) is 0 Å². The van der Waals surface area contributed by atoms with E-state index >= 15 is 0 Å². The van der Waals surface area contributed by atoms with Crippen molar-refractivity contribution in [2.75, 3.05) is 27.1 Å². The second-order valence-electron chi connectivity index (χ2n) is 5.24. The fourth-order valence-electron chi connectivity index (χ4n) is 2.61. The Bertz CT molecular complexity index is 822. The number of benzene rings is 1. The molecule has 0 unspecified atom stereocenters. The van der Waals surface area contributed by atoms with Crippen LogP contribution in [0.1, 0.15) is 19.4 Å². The molecule has 0 bridgehead atoms. The first-order valence-electron chi connectivity index (χ1n) is 9.84. The van der Waals surface area contributed by atoms with Crippen LogP contribution in [0.15, 0.2) is 24.4 Å². The van der Waals surface area contributed by atoms with E-state index in [9.17, 15) is 4.79 Å². The molecule has 1 aliphatic heterocycles. The fourth-order valence-corrected chi connectivity index (χ4v) is 2.61. The number of nitrogens with one attached hydrogen (secondary N) is 2. The van der Waals surface area contributed by atoms with Gasteiger partial charge in [0.25, 0.3) is 0 Å². The minimum atomic E-state index is -2.69. The van der Waals surface area contributed by atoms with Crippen molar-refractivity contribution in [2.45, 2.75) is 18.9 Å². The number of hydrogen-bond donors (Lipinski definition) is 2. The zero-order chi connectivity index (χ0) is 19.8. The summed E-state index contributed by atoms with van der Waals surface area (Å²) in [5.74, 6) is 0. The lowest BCUT2D eigenvalue weighted by Crippen LogP contribution is -2.28. The number of fused-ring (bicyclic) bond motifs is 1. The second kappa shape index (κ2) is 7.03. The maximum Gasteiger partial charge on any atom is 0.407 e. The summed E-state index contributed by atoms with van der Waals surface area (Å²) in [6.07, 6.45) is 2.25. The molecule has 22 heavy (non-hydrogen) atoms. The van der Waals surface area contributed by atoms with Gasteiger partial charge in [-0.2, -0.15) is 0 Å². The Kier molecular flexibility index (Phi) is 3.24. The van der Waals surface area contributed by atoms with Gasteiger partial charge >= 0.3 is 6.09 Å². The molecule has 1 saturated heterocycles. The molecule has 2 aromatic rings. The van der Waals surface area contributed by atoms with Gasteiger partial charge in [-0.3, -0.25) is 0 Å². The first-order chi connectivity index (χ1) is 12.5. The van der Waals surface area contributed by atoms with Crippen LogP contribution in [-0.4, -0.2) is 49.1 Å². The third-order valence-electron chi connectivity index (χ3n) is 3.66. The number of nitrogens with zero attached hydrogens (tertiary/aromatic N) is 1. The van der Waals surface area contributed by atoms with Crippen LogP contribution in [0.25, 0.3) is 10.9 Å². The molecule has 2 N–H and O–H groups in total. The first kappa shape index (κ1) is 10.1. The number of halogens is 1. The van der Waals surface area contributed by atoms with Crippen molar-refractivity contribution in [3.8, 4) is 0 Å². The monoisotopic (exact) mass is 329 g/mol. The standard InChI is InChI=1S/C16H21N3O2.ClH/c1-19(2)6-5-12-9-17-15-4-3-11(8-14(12)15)7-13-10-21-16(20)18-13;/h3-4,8-9,13,17H,5-7,10H2,1-2H3,(H,18,20);1H/t13-;/m0./s1/i1D3,2D3;. The predicted octanol–water partition coefficient (Wildman–Crippen LogP) is 2.34. The van der Waals surface area contributed by atoms with Crippen LogP contribution in [0.4, 0.5) is 4.79 Å². The maximum atomic E-state index is 11.1. The van der Waals surface area contributed by atoms with E-state index in [1.54, 1.807) is 6.20 Å². The molecule has 1 aromatic heterocycles. The quantitative estimate of drug-likeness (QED) is 0.885. The highest BCUT2D eigenvalue weighted by Crippen LogP contribution is 2.21. The summed E-state index contributed by atoms with van der Waals surface area (Å²) in [4.78, 5) is 14.8. The summed E-state index contributed by atoms with van der Waals surface area (Å²) in [5, 5.41) is 3.64. The number of cyclic esters (lactones) is 1. The normalized spacial score (nSPS) is 22.6. The van der Waals surface area contributed by atoms with Crippen LogP contribution in [0.5, 0.6) is 0 Å². The SMILES string of the molecule is Cl.[2H]C([2H])([2H])N(CCc1c[nH]c2ccc(C[C@H]3COC(=O)N3)cc12)C([2H])([2H])[2H]. The first-order valence-corrected chi connectivity index (χ1v) is 6.84. The lowest BCUT2D eigenvalue weighted by Gasteiger charge is -2.09. The minimum absolute atomic E-state index is 0. The predicted molar refractivity (Wildman–Crippen MR) is 89.8 cm³/mol. The summed E-state index contributed by atoms with van der Waals surface area (Å²) in [5.41, 5.74) is 2.73. The van der Waals surface area contributed by atoms with Gasteiger partial charge < -0.3 is 19.9 Å². The number of rotatable bonds is 5. The number of ether oxygens (including phenoxy) is 1. The Morgan fingerprint density at radius 3 is 3.05 bits per heavy atom. The second-order valence-corrected chi connectivity index (χ2v) is 5.24. The van der Waals surface area contributed by atoms with E-state index in [-0.39, 0.29) is 31.4 Å². The smallest absolute Gasteiger partial charge is 0.407 e. The van der Waals surface area contributed by atoms with Crippen LogP contribution >= 0.6 is 12.4 Å². The minimum Gasteiger partial charge on any atom is -0.447 e. The number of H-pyrrole nitrogens is 1. The highest BCUT2D eigenvalue weighted by molar-refractivity contribution is 5.85. The van der Waals surface area contributed by atoms with Crippen molar-refractivity contribution < 1.29 is 17.8 Å². The average Bonchev–Trinajstić information content (AvgIpc) is 3.11. The van der Waals surface area contributed by atoms with Crippen molar-refractivity contribution in [3.05, 3.63) is 35.5 Å². The Labute approximate surface area is 144 Å². The molecule has 5 nitrogen and oxygen atoms in total. The molecular formula is C16H22ClN3O2. The number of alkyl carbamates (subject to hydrolysis) is 1. The van der Waals surface area contributed by atoms with E-state index in [1.807, 2.05) is 18.2 Å². The summed E-state index contributed by atoms with van der Waals surface area (Å²) >= 11 is 0. The van der Waals surface area contributed by atoms with Gasteiger partial charge in [-0.25, -0.2) is 4.79 Å². The van der Waals surface area contributed by atoms with E-state index in [0.717, 1.165) is 22.0 Å². The number of carbonyl (C=O) groups is 1. The molecular weight excluding hydrogens is 302 g/mol. The lowest BCUT2D eigenvalue weighted by molar-refractivity contribution is 0.177. The van der Waals surface area contributed by atoms with E-state index in [1.165, 1.54) is 0 Å². The fraction of sp³-hybridized carbons (Fsp3) is 0.438. The lowest BCUT2D eigenvalue weighted by atomic mass is 10.0. The van der Waals surface area contributed by atoms with Crippen molar-refractivity contribution >= 4 is 29.4 Å². The number of likely N-dealkylation sites (N-methyl/N-ethyl adjacent to an activating group) is 1. The molecule has 2 heterocycles. The highest BCUT2D eigenvalue weighted by atomic mass is 35.5. The molecule has 0 saturated carbocycles. The van der Waals surface area contributed by atoms with Gasteiger partial charge in [0.05, 0.1) is 6.04 Å². The van der Waals surface area contributed by atoms with Crippen molar-refractivity contribution in [3.63, 3.8) is 0 Å². The zero-order valence-corrected chi connectivity index (χ0v) is 12.7. The number of hydrogen-bond acceptors (Lipinski definition) is 3. The Balaban J connectivity index is 0.00000280. The number of aromatic nitrogens is 1. The van der Waals surface area contributed by atoms with E-state index in [0.29, 0.717) is 17.9 Å². The Morgan fingerprint density at radius 1 is 1.45 bits per heavy atom. The molecule has 0 aliphatic carbocycles. The van der Waals surface area contributed by atoms with Crippen LogP contribution in [0.3, 0.4) is 0 Å². The summed E-state index contributed by atoms with van der Waals surface area (Å²) in [6, 6.07) is 5.75. The third-order valence-corrected chi connectivity index (χ3v) is 3.66. The van der Waals surface area contributed by atoms with Gasteiger partial charge in [0.1, 0.15) is 6.61 Å². The zero-order valence-electron chi connectivity index (χ0n) is 17.9. The van der Waals surface area contributed by atoms with Gasteiger partial charge in [-0.1, -0.05) is 6.07 Å². The molecule has 1 aliphatic rings. The van der Waals surface area contributed by atoms with Gasteiger partial charge in [0.15, 0.2) is 0 Å². The number of amides is 1. The average molecular weight is 330 g/mol. The van der Waals surface area contributed by atoms with E-state index < -0.39 is 20.0 Å². The van der Waals surface area contributed by atoms with Crippen LogP contribution < -0.4 is 5.32 Å². The largest absolute Gasteiger partial charge is 0.447 e. The van der Waals surface area contributed by atoms with Gasteiger partial charge in [-0.05, 0) is 50.1 Å². The highest BCUT2D eigenvalue weighted by Gasteiger charge is 2.22. The molecule has 1 atom stereocenters. The molecule has 6 heteroatoms. The topological polar surface area (TPSA) is 57.4 Å². The van der Waals surface area contributed by atoms with Gasteiger partial charge in [-0.15, -0.1) is 12.4 Å². The molecule has 1 fully saturated rings. The third kappa shape index (κ3) is 3.72. The molecule has 3 rings (SSSR count). The van der Waals surface area contributed by atoms with Gasteiger partial charge in [0, 0.05) is 31.9 Å². The van der Waals surface area contributed by atoms with E-state index in [2.05, 4.69) is 10.3 Å². The van der Waals surface area contributed by atoms with Crippen molar-refractivity contribution in [2.24, 2.45) is 0 Å². The Morgan fingerprint density at radius 2 is 2.32 bits per heavy atom.